The molecule has 0 radical (unpaired) electrons. The maximum Gasteiger partial charge on any atom is 0.262 e. The highest BCUT2D eigenvalue weighted by Gasteiger charge is 2.24. The van der Waals surface area contributed by atoms with Crippen LogP contribution in [0.5, 0.6) is 5.75 Å². The number of nitrogens with zero attached hydrogens (tertiary/aromatic N) is 5. The Hall–Kier alpha value is -2.68. The zero-order valence-electron chi connectivity index (χ0n) is 16.8. The van der Waals surface area contributed by atoms with Crippen LogP contribution in [0.25, 0.3) is 0 Å². The van der Waals surface area contributed by atoms with Crippen molar-refractivity contribution in [2.45, 2.75) is 19.9 Å². The van der Waals surface area contributed by atoms with Crippen molar-refractivity contribution in [3.63, 3.8) is 0 Å². The lowest BCUT2D eigenvalue weighted by Crippen LogP contribution is -2.33. The molecule has 0 atom stereocenters. The van der Waals surface area contributed by atoms with Gasteiger partial charge in [-0.1, -0.05) is 53.9 Å². The molecule has 0 spiro atoms. The van der Waals surface area contributed by atoms with Crippen molar-refractivity contribution in [3.8, 4) is 5.75 Å². The zero-order chi connectivity index (χ0) is 22.4. The highest BCUT2D eigenvalue weighted by Crippen LogP contribution is 2.29. The van der Waals surface area contributed by atoms with Crippen molar-refractivity contribution in [1.82, 2.24) is 20.4 Å². The molecule has 3 aromatic rings. The Morgan fingerprint density at radius 3 is 2.39 bits per heavy atom. The lowest BCUT2D eigenvalue weighted by atomic mass is 10.2. The number of carbonyl (C=O) groups excluding carboxylic acids is 1. The van der Waals surface area contributed by atoms with Gasteiger partial charge in [0.15, 0.2) is 21.3 Å². The molecule has 0 aliphatic carbocycles. The molecule has 1 aromatic carbocycles. The first-order valence-corrected chi connectivity index (χ1v) is 10.5. The van der Waals surface area contributed by atoms with Crippen LogP contribution >= 0.6 is 34.8 Å². The first-order chi connectivity index (χ1) is 14.9. The van der Waals surface area contributed by atoms with Gasteiger partial charge in [0.25, 0.3) is 5.91 Å². The molecule has 0 aliphatic heterocycles. The first-order valence-electron chi connectivity index (χ1n) is 9.33. The third-order valence-corrected chi connectivity index (χ3v) is 4.94. The van der Waals surface area contributed by atoms with Crippen LogP contribution < -0.4 is 15.0 Å². The van der Waals surface area contributed by atoms with Gasteiger partial charge in [0, 0.05) is 19.2 Å². The van der Waals surface area contributed by atoms with Gasteiger partial charge in [0.2, 0.25) is 0 Å². The van der Waals surface area contributed by atoms with E-state index in [1.165, 1.54) is 17.0 Å². The SMILES string of the molecule is CCCN(C(=O)c1cc(Cl)nnc1NCc1ccc(OC)cc1)c1cc(Cl)nnc1Cl. The van der Waals surface area contributed by atoms with Gasteiger partial charge in [-0.05, 0) is 30.2 Å². The summed E-state index contributed by atoms with van der Waals surface area (Å²) in [6.45, 7) is 2.72. The fourth-order valence-electron chi connectivity index (χ4n) is 2.82. The van der Waals surface area contributed by atoms with Gasteiger partial charge in [-0.2, -0.15) is 0 Å². The fraction of sp³-hybridized carbons (Fsp3) is 0.250. The van der Waals surface area contributed by atoms with Crippen LogP contribution in [0.4, 0.5) is 11.5 Å². The van der Waals surface area contributed by atoms with Crippen molar-refractivity contribution >= 4 is 52.2 Å². The van der Waals surface area contributed by atoms with E-state index in [-0.39, 0.29) is 32.7 Å². The third-order valence-electron chi connectivity index (χ3n) is 4.30. The molecule has 0 aliphatic rings. The monoisotopic (exact) mass is 480 g/mol. The van der Waals surface area contributed by atoms with E-state index in [1.807, 2.05) is 31.2 Å². The number of hydrogen-bond acceptors (Lipinski definition) is 7. The normalized spacial score (nSPS) is 10.6. The van der Waals surface area contributed by atoms with E-state index in [2.05, 4.69) is 25.7 Å². The molecule has 1 N–H and O–H groups in total. The molecule has 8 nitrogen and oxygen atoms in total. The second-order valence-corrected chi connectivity index (χ2v) is 7.56. The molecule has 0 unspecified atom stereocenters. The molecule has 0 bridgehead atoms. The lowest BCUT2D eigenvalue weighted by molar-refractivity contribution is 0.0987. The topological polar surface area (TPSA) is 93.1 Å². The van der Waals surface area contributed by atoms with Crippen LogP contribution in [0.15, 0.2) is 36.4 Å². The zero-order valence-corrected chi connectivity index (χ0v) is 19.0. The molecule has 0 saturated heterocycles. The van der Waals surface area contributed by atoms with E-state index in [4.69, 9.17) is 39.5 Å². The number of amides is 1. The number of methoxy groups -OCH3 is 1. The molecule has 2 aromatic heterocycles. The van der Waals surface area contributed by atoms with E-state index >= 15 is 0 Å². The highest BCUT2D eigenvalue weighted by atomic mass is 35.5. The number of aromatic nitrogens is 4. The maximum atomic E-state index is 13.5. The van der Waals surface area contributed by atoms with Gasteiger partial charge in [-0.15, -0.1) is 20.4 Å². The Labute approximate surface area is 194 Å². The van der Waals surface area contributed by atoms with Crippen LogP contribution in [0, 0.1) is 0 Å². The Bertz CT molecular complexity index is 1070. The maximum absolute atomic E-state index is 13.5. The van der Waals surface area contributed by atoms with Crippen LogP contribution in [-0.2, 0) is 6.54 Å². The quantitative estimate of drug-likeness (QED) is 0.489. The molecule has 1 amide bonds. The minimum atomic E-state index is -0.373. The number of anilines is 2. The average molecular weight is 482 g/mol. The van der Waals surface area contributed by atoms with Crippen LogP contribution in [0.2, 0.25) is 15.5 Å². The molecule has 3 rings (SSSR count). The summed E-state index contributed by atoms with van der Waals surface area (Å²) in [5, 5.41) is 18.9. The molecule has 0 saturated carbocycles. The summed E-state index contributed by atoms with van der Waals surface area (Å²) < 4.78 is 5.17. The van der Waals surface area contributed by atoms with Gasteiger partial charge in [-0.3, -0.25) is 4.79 Å². The van der Waals surface area contributed by atoms with Crippen LogP contribution in [0.3, 0.4) is 0 Å². The van der Waals surface area contributed by atoms with Gasteiger partial charge < -0.3 is 15.0 Å². The largest absolute Gasteiger partial charge is 0.497 e. The molecule has 162 valence electrons. The van der Waals surface area contributed by atoms with Crippen LogP contribution in [0.1, 0.15) is 29.3 Å². The number of hydrogen-bond donors (Lipinski definition) is 1. The number of halogens is 3. The number of carbonyl (C=O) groups is 1. The number of rotatable bonds is 8. The third kappa shape index (κ3) is 5.72. The first kappa shape index (κ1) is 23.0. The summed E-state index contributed by atoms with van der Waals surface area (Å²) in [4.78, 5) is 14.9. The van der Waals surface area contributed by atoms with Crippen molar-refractivity contribution in [3.05, 3.63) is 63.0 Å². The standard InChI is InChI=1S/C20H19Cl3N6O2/c1-3-8-29(15-10-17(22)25-27-18(15)23)20(30)14-9-16(21)26-28-19(14)24-11-12-4-6-13(31-2)7-5-12/h4-7,9-10H,3,8,11H2,1-2H3,(H,24,28). The summed E-state index contributed by atoms with van der Waals surface area (Å²) in [5.41, 5.74) is 1.56. The molecule has 11 heteroatoms. The fourth-order valence-corrected chi connectivity index (χ4v) is 3.31. The van der Waals surface area contributed by atoms with Crippen molar-refractivity contribution in [2.75, 3.05) is 23.9 Å². The lowest BCUT2D eigenvalue weighted by Gasteiger charge is -2.23. The Balaban J connectivity index is 1.91. The summed E-state index contributed by atoms with van der Waals surface area (Å²) in [7, 11) is 1.61. The molecule has 31 heavy (non-hydrogen) atoms. The summed E-state index contributed by atoms with van der Waals surface area (Å²) >= 11 is 18.2. The van der Waals surface area contributed by atoms with Gasteiger partial charge in [-0.25, -0.2) is 0 Å². The predicted octanol–water partition coefficient (Wildman–Crippen LogP) is 4.90. The van der Waals surface area contributed by atoms with E-state index < -0.39 is 0 Å². The summed E-state index contributed by atoms with van der Waals surface area (Å²) in [6, 6.07) is 10.5. The van der Waals surface area contributed by atoms with E-state index in [0.717, 1.165) is 11.3 Å². The van der Waals surface area contributed by atoms with E-state index in [1.54, 1.807) is 7.11 Å². The summed E-state index contributed by atoms with van der Waals surface area (Å²) in [6.07, 6.45) is 0.670. The van der Waals surface area contributed by atoms with Crippen molar-refractivity contribution in [2.24, 2.45) is 0 Å². The highest BCUT2D eigenvalue weighted by molar-refractivity contribution is 6.34. The van der Waals surface area contributed by atoms with Gasteiger partial charge in [0.1, 0.15) is 5.75 Å². The second kappa shape index (κ2) is 10.6. The minimum Gasteiger partial charge on any atom is -0.497 e. The van der Waals surface area contributed by atoms with Crippen LogP contribution in [-0.4, -0.2) is 40.0 Å². The molecule has 2 heterocycles. The summed E-state index contributed by atoms with van der Waals surface area (Å²) in [5.74, 6) is 0.667. The Kier molecular flexibility index (Phi) is 7.84. The predicted molar refractivity (Wildman–Crippen MR) is 121 cm³/mol. The van der Waals surface area contributed by atoms with E-state index in [0.29, 0.717) is 25.2 Å². The van der Waals surface area contributed by atoms with Crippen molar-refractivity contribution < 1.29 is 9.53 Å². The van der Waals surface area contributed by atoms with Crippen molar-refractivity contribution in [1.29, 1.82) is 0 Å². The van der Waals surface area contributed by atoms with E-state index in [9.17, 15) is 4.79 Å². The van der Waals surface area contributed by atoms with Gasteiger partial charge in [0.05, 0.1) is 18.4 Å². The van der Waals surface area contributed by atoms with Gasteiger partial charge >= 0.3 is 0 Å². The second-order valence-electron chi connectivity index (χ2n) is 6.43. The average Bonchev–Trinajstić information content (AvgIpc) is 2.78. The Morgan fingerprint density at radius 2 is 1.71 bits per heavy atom. The Morgan fingerprint density at radius 1 is 1.03 bits per heavy atom. The molecular weight excluding hydrogens is 463 g/mol. The molecule has 0 fully saturated rings. The number of ether oxygens (including phenoxy) is 1. The number of nitrogens with one attached hydrogen (secondary N) is 1. The minimum absolute atomic E-state index is 0.0621. The smallest absolute Gasteiger partial charge is 0.262 e. The number of benzene rings is 1. The molecular formula is C20H19Cl3N6O2.